The quantitative estimate of drug-likeness (QED) is 0.798. The summed E-state index contributed by atoms with van der Waals surface area (Å²) in [5.74, 6) is -0.0700. The number of phenols is 1. The Kier molecular flexibility index (Phi) is 2.96. The lowest BCUT2D eigenvalue weighted by atomic mass is 9.98. The molecule has 0 bridgehead atoms. The molecule has 0 unspecified atom stereocenters. The molecule has 0 aliphatic rings. The summed E-state index contributed by atoms with van der Waals surface area (Å²) >= 11 is 0. The van der Waals surface area contributed by atoms with Crippen molar-refractivity contribution >= 4 is 5.78 Å². The summed E-state index contributed by atoms with van der Waals surface area (Å²) in [6.07, 6.45) is 0. The number of aryl methyl sites for hydroxylation is 2. The number of carbonyl (C=O) groups is 1. The number of aromatic hydroxyl groups is 1. The molecule has 1 N–H and O–H groups in total. The molecule has 2 rings (SSSR count). The van der Waals surface area contributed by atoms with Gasteiger partial charge in [0.05, 0.1) is 5.56 Å². The first-order valence-electron chi connectivity index (χ1n) is 5.49. The van der Waals surface area contributed by atoms with Crippen molar-refractivity contribution in [2.75, 3.05) is 0 Å². The molecule has 0 atom stereocenters. The van der Waals surface area contributed by atoms with Gasteiger partial charge in [0.1, 0.15) is 5.75 Å². The predicted octanol–water partition coefficient (Wildman–Crippen LogP) is 3.24. The van der Waals surface area contributed by atoms with Crippen LogP contribution in [0.25, 0.3) is 0 Å². The molecule has 2 aromatic rings. The fourth-order valence-corrected chi connectivity index (χ4v) is 1.88. The maximum atomic E-state index is 12.2. The standard InChI is InChI=1S/C15H14O2/c1-10-8-11(2)14(16)13(9-10)15(17)12-6-4-3-5-7-12/h3-9,16H,1-2H3. The lowest BCUT2D eigenvalue weighted by Gasteiger charge is -2.08. The van der Waals surface area contributed by atoms with Crippen molar-refractivity contribution in [2.45, 2.75) is 13.8 Å². The third kappa shape index (κ3) is 2.21. The fraction of sp³-hybridized carbons (Fsp3) is 0.133. The van der Waals surface area contributed by atoms with Gasteiger partial charge in [-0.05, 0) is 31.0 Å². The molecule has 0 amide bonds. The Morgan fingerprint density at radius 3 is 2.35 bits per heavy atom. The largest absolute Gasteiger partial charge is 0.507 e. The SMILES string of the molecule is Cc1cc(C)c(O)c(C(=O)c2ccccc2)c1. The number of benzene rings is 2. The fourth-order valence-electron chi connectivity index (χ4n) is 1.88. The Balaban J connectivity index is 2.52. The van der Waals surface area contributed by atoms with Gasteiger partial charge in [-0.25, -0.2) is 0 Å². The van der Waals surface area contributed by atoms with Crippen molar-refractivity contribution in [3.8, 4) is 5.75 Å². The van der Waals surface area contributed by atoms with Crippen LogP contribution in [0.5, 0.6) is 5.75 Å². The van der Waals surface area contributed by atoms with Crippen molar-refractivity contribution < 1.29 is 9.90 Å². The lowest BCUT2D eigenvalue weighted by molar-refractivity contribution is 0.103. The number of carbonyl (C=O) groups excluding carboxylic acids is 1. The average molecular weight is 226 g/mol. The van der Waals surface area contributed by atoms with E-state index in [4.69, 9.17) is 0 Å². The molecule has 0 heterocycles. The van der Waals surface area contributed by atoms with E-state index in [1.165, 1.54) is 0 Å². The van der Waals surface area contributed by atoms with E-state index in [-0.39, 0.29) is 11.5 Å². The minimum atomic E-state index is -0.144. The average Bonchev–Trinajstić information content (AvgIpc) is 2.34. The topological polar surface area (TPSA) is 37.3 Å². The molecule has 0 radical (unpaired) electrons. The highest BCUT2D eigenvalue weighted by Crippen LogP contribution is 2.26. The Morgan fingerprint density at radius 1 is 1.06 bits per heavy atom. The third-order valence-corrected chi connectivity index (χ3v) is 2.73. The number of phenolic OH excluding ortho intramolecular Hbond substituents is 1. The molecule has 0 aliphatic heterocycles. The van der Waals surface area contributed by atoms with E-state index in [1.807, 2.05) is 31.2 Å². The Morgan fingerprint density at radius 2 is 1.71 bits per heavy atom. The minimum absolute atomic E-state index is 0.0736. The highest BCUT2D eigenvalue weighted by atomic mass is 16.3. The van der Waals surface area contributed by atoms with E-state index in [0.29, 0.717) is 11.1 Å². The number of hydrogen-bond acceptors (Lipinski definition) is 2. The Hall–Kier alpha value is -2.09. The van der Waals surface area contributed by atoms with Crippen molar-refractivity contribution in [1.29, 1.82) is 0 Å². The monoisotopic (exact) mass is 226 g/mol. The van der Waals surface area contributed by atoms with Gasteiger partial charge in [0.15, 0.2) is 5.78 Å². The van der Waals surface area contributed by atoms with Crippen LogP contribution in [0.3, 0.4) is 0 Å². The second kappa shape index (κ2) is 4.42. The van der Waals surface area contributed by atoms with Crippen molar-refractivity contribution in [3.05, 3.63) is 64.7 Å². The minimum Gasteiger partial charge on any atom is -0.507 e. The van der Waals surface area contributed by atoms with Gasteiger partial charge in [0, 0.05) is 5.56 Å². The zero-order valence-electron chi connectivity index (χ0n) is 9.90. The van der Waals surface area contributed by atoms with E-state index >= 15 is 0 Å². The van der Waals surface area contributed by atoms with Crippen LogP contribution in [0, 0.1) is 13.8 Å². The van der Waals surface area contributed by atoms with Gasteiger partial charge in [-0.2, -0.15) is 0 Å². The summed E-state index contributed by atoms with van der Waals surface area (Å²) in [6.45, 7) is 3.71. The number of rotatable bonds is 2. The molecule has 2 aromatic carbocycles. The molecule has 0 aromatic heterocycles. The summed E-state index contributed by atoms with van der Waals surface area (Å²) in [5, 5.41) is 9.93. The third-order valence-electron chi connectivity index (χ3n) is 2.73. The van der Waals surface area contributed by atoms with Crippen LogP contribution in [0.4, 0.5) is 0 Å². The molecule has 0 saturated heterocycles. The second-order valence-electron chi connectivity index (χ2n) is 4.17. The van der Waals surface area contributed by atoms with Crippen LogP contribution in [0.2, 0.25) is 0 Å². The van der Waals surface area contributed by atoms with Gasteiger partial charge in [-0.1, -0.05) is 36.4 Å². The zero-order valence-corrected chi connectivity index (χ0v) is 9.90. The Labute approximate surface area is 101 Å². The van der Waals surface area contributed by atoms with Crippen LogP contribution in [0.1, 0.15) is 27.0 Å². The van der Waals surface area contributed by atoms with Gasteiger partial charge in [-0.3, -0.25) is 4.79 Å². The first-order chi connectivity index (χ1) is 8.09. The molecular weight excluding hydrogens is 212 g/mol. The number of hydrogen-bond donors (Lipinski definition) is 1. The van der Waals surface area contributed by atoms with E-state index in [2.05, 4.69) is 0 Å². The maximum Gasteiger partial charge on any atom is 0.196 e. The summed E-state index contributed by atoms with van der Waals surface area (Å²) < 4.78 is 0. The molecule has 0 fully saturated rings. The lowest BCUT2D eigenvalue weighted by Crippen LogP contribution is -2.02. The molecule has 0 spiro atoms. The summed E-state index contributed by atoms with van der Waals surface area (Å²) in [5.41, 5.74) is 2.66. The van der Waals surface area contributed by atoms with E-state index in [9.17, 15) is 9.90 Å². The number of ketones is 1. The van der Waals surface area contributed by atoms with E-state index < -0.39 is 0 Å². The summed E-state index contributed by atoms with van der Waals surface area (Å²) in [7, 11) is 0. The van der Waals surface area contributed by atoms with Crippen molar-refractivity contribution in [1.82, 2.24) is 0 Å². The first kappa shape index (κ1) is 11.4. The molecular formula is C15H14O2. The maximum absolute atomic E-state index is 12.2. The van der Waals surface area contributed by atoms with Crippen LogP contribution in [-0.4, -0.2) is 10.9 Å². The molecule has 17 heavy (non-hydrogen) atoms. The van der Waals surface area contributed by atoms with Gasteiger partial charge in [-0.15, -0.1) is 0 Å². The van der Waals surface area contributed by atoms with E-state index in [0.717, 1.165) is 11.1 Å². The normalized spacial score (nSPS) is 10.2. The zero-order chi connectivity index (χ0) is 12.4. The Bertz CT molecular complexity index is 557. The predicted molar refractivity (Wildman–Crippen MR) is 67.5 cm³/mol. The summed E-state index contributed by atoms with van der Waals surface area (Å²) in [6, 6.07) is 12.6. The molecule has 86 valence electrons. The summed E-state index contributed by atoms with van der Waals surface area (Å²) in [4.78, 5) is 12.2. The highest BCUT2D eigenvalue weighted by Gasteiger charge is 2.15. The van der Waals surface area contributed by atoms with Crippen LogP contribution < -0.4 is 0 Å². The van der Waals surface area contributed by atoms with Gasteiger partial charge < -0.3 is 5.11 Å². The molecule has 0 aliphatic carbocycles. The van der Waals surface area contributed by atoms with Gasteiger partial charge in [0.25, 0.3) is 0 Å². The smallest absolute Gasteiger partial charge is 0.196 e. The second-order valence-corrected chi connectivity index (χ2v) is 4.17. The van der Waals surface area contributed by atoms with Crippen LogP contribution >= 0.6 is 0 Å². The molecule has 0 saturated carbocycles. The van der Waals surface area contributed by atoms with E-state index in [1.54, 1.807) is 25.1 Å². The molecule has 2 nitrogen and oxygen atoms in total. The van der Waals surface area contributed by atoms with Crippen LogP contribution in [0.15, 0.2) is 42.5 Å². The van der Waals surface area contributed by atoms with Crippen molar-refractivity contribution in [3.63, 3.8) is 0 Å². The van der Waals surface area contributed by atoms with Crippen LogP contribution in [-0.2, 0) is 0 Å². The highest BCUT2D eigenvalue weighted by molar-refractivity contribution is 6.10. The van der Waals surface area contributed by atoms with Gasteiger partial charge in [0.2, 0.25) is 0 Å². The molecule has 2 heteroatoms. The van der Waals surface area contributed by atoms with Gasteiger partial charge >= 0.3 is 0 Å². The van der Waals surface area contributed by atoms with Crippen molar-refractivity contribution in [2.24, 2.45) is 0 Å². The first-order valence-corrected chi connectivity index (χ1v) is 5.49.